The van der Waals surface area contributed by atoms with E-state index in [1.165, 1.54) is 0 Å². The van der Waals surface area contributed by atoms with Crippen molar-refractivity contribution in [1.82, 2.24) is 0 Å². The van der Waals surface area contributed by atoms with Crippen LogP contribution in [-0.4, -0.2) is 12.5 Å². The third-order valence-corrected chi connectivity index (χ3v) is 2.82. The number of hydrogen-bond donors (Lipinski definition) is 2. The van der Waals surface area contributed by atoms with Crippen LogP contribution >= 0.6 is 0 Å². The van der Waals surface area contributed by atoms with Crippen LogP contribution in [0.4, 0.5) is 11.4 Å². The average Bonchev–Trinajstić information content (AvgIpc) is 3.12. The summed E-state index contributed by atoms with van der Waals surface area (Å²) in [6.07, 6.45) is 2.08. The van der Waals surface area contributed by atoms with Gasteiger partial charge in [-0.05, 0) is 43.0 Å². The summed E-state index contributed by atoms with van der Waals surface area (Å²) in [4.78, 5) is 11.5. The number of hydrogen-bond acceptors (Lipinski definition) is 2. The van der Waals surface area contributed by atoms with Crippen LogP contribution in [0.25, 0.3) is 0 Å². The van der Waals surface area contributed by atoms with Crippen molar-refractivity contribution >= 4 is 17.3 Å². The van der Waals surface area contributed by atoms with Crippen LogP contribution in [0.2, 0.25) is 0 Å². The summed E-state index contributed by atoms with van der Waals surface area (Å²) in [5, 5.41) is 6.28. The fourth-order valence-corrected chi connectivity index (χ4v) is 1.58. The molecule has 0 aromatic heterocycles. The Morgan fingerprint density at radius 1 is 1.24 bits per heavy atom. The Morgan fingerprint density at radius 2 is 1.82 bits per heavy atom. The average molecular weight is 232 g/mol. The molecule has 1 aromatic carbocycles. The number of carbonyl (C=O) groups is 1. The Kier molecular flexibility index (Phi) is 3.67. The monoisotopic (exact) mass is 232 g/mol. The zero-order valence-corrected chi connectivity index (χ0v) is 10.5. The van der Waals surface area contributed by atoms with E-state index in [-0.39, 0.29) is 11.8 Å². The minimum Gasteiger partial charge on any atom is -0.385 e. The Hall–Kier alpha value is -1.51. The van der Waals surface area contributed by atoms with E-state index in [4.69, 9.17) is 0 Å². The van der Waals surface area contributed by atoms with E-state index >= 15 is 0 Å². The van der Waals surface area contributed by atoms with Gasteiger partial charge in [0.25, 0.3) is 0 Å². The number of anilines is 2. The molecule has 0 radical (unpaired) electrons. The Morgan fingerprint density at radius 3 is 2.35 bits per heavy atom. The molecular weight excluding hydrogens is 212 g/mol. The molecule has 1 aliphatic carbocycles. The van der Waals surface area contributed by atoms with Crippen molar-refractivity contribution in [3.8, 4) is 0 Å². The molecule has 1 fully saturated rings. The number of benzene rings is 1. The zero-order chi connectivity index (χ0) is 12.3. The van der Waals surface area contributed by atoms with Crippen LogP contribution in [0.15, 0.2) is 24.3 Å². The van der Waals surface area contributed by atoms with Gasteiger partial charge in [0.05, 0.1) is 0 Å². The van der Waals surface area contributed by atoms with Crippen LogP contribution in [0.3, 0.4) is 0 Å². The van der Waals surface area contributed by atoms with Gasteiger partial charge in [0, 0.05) is 23.8 Å². The van der Waals surface area contributed by atoms with Crippen molar-refractivity contribution in [2.45, 2.75) is 26.7 Å². The van der Waals surface area contributed by atoms with Crippen molar-refractivity contribution in [1.29, 1.82) is 0 Å². The lowest BCUT2D eigenvalue weighted by Gasteiger charge is -2.10. The van der Waals surface area contributed by atoms with Gasteiger partial charge in [-0.15, -0.1) is 0 Å². The van der Waals surface area contributed by atoms with Gasteiger partial charge in [0.15, 0.2) is 0 Å². The highest BCUT2D eigenvalue weighted by atomic mass is 16.2. The van der Waals surface area contributed by atoms with Gasteiger partial charge in [-0.1, -0.05) is 13.8 Å². The van der Waals surface area contributed by atoms with Gasteiger partial charge in [-0.2, -0.15) is 0 Å². The van der Waals surface area contributed by atoms with E-state index in [1.807, 2.05) is 24.3 Å². The minimum atomic E-state index is 0.160. The molecule has 17 heavy (non-hydrogen) atoms. The first-order chi connectivity index (χ1) is 8.15. The zero-order valence-electron chi connectivity index (χ0n) is 10.5. The summed E-state index contributed by atoms with van der Waals surface area (Å²) in [6.45, 7) is 5.32. The maximum atomic E-state index is 11.5. The van der Waals surface area contributed by atoms with Gasteiger partial charge in [0.1, 0.15) is 0 Å². The van der Waals surface area contributed by atoms with Crippen molar-refractivity contribution < 1.29 is 4.79 Å². The van der Waals surface area contributed by atoms with Crippen molar-refractivity contribution in [3.63, 3.8) is 0 Å². The molecule has 1 saturated carbocycles. The number of rotatable bonds is 5. The molecule has 1 aromatic rings. The summed E-state index contributed by atoms with van der Waals surface area (Å²) in [6, 6.07) is 7.90. The van der Waals surface area contributed by atoms with Gasteiger partial charge >= 0.3 is 0 Å². The maximum Gasteiger partial charge on any atom is 0.227 e. The van der Waals surface area contributed by atoms with E-state index in [2.05, 4.69) is 24.5 Å². The predicted octanol–water partition coefficient (Wildman–Crippen LogP) is 3.10. The molecule has 3 heteroatoms. The third-order valence-electron chi connectivity index (χ3n) is 2.82. The van der Waals surface area contributed by atoms with Crippen LogP contribution in [-0.2, 0) is 4.79 Å². The molecule has 2 N–H and O–H groups in total. The molecule has 92 valence electrons. The largest absolute Gasteiger partial charge is 0.385 e. The summed E-state index contributed by atoms with van der Waals surface area (Å²) in [5.41, 5.74) is 1.99. The molecule has 0 saturated heterocycles. The van der Waals surface area contributed by atoms with Crippen LogP contribution < -0.4 is 10.6 Å². The topological polar surface area (TPSA) is 41.1 Å². The Balaban J connectivity index is 1.86. The maximum absolute atomic E-state index is 11.5. The SMILES string of the molecule is CC(C)CNc1ccc(NC(=O)C2CC2)cc1. The van der Waals surface area contributed by atoms with Crippen molar-refractivity contribution in [2.75, 3.05) is 17.2 Å². The molecule has 1 aliphatic rings. The molecule has 0 unspecified atom stereocenters. The van der Waals surface area contributed by atoms with Crippen molar-refractivity contribution in [2.24, 2.45) is 11.8 Å². The Labute approximate surface area is 103 Å². The molecule has 0 spiro atoms. The second kappa shape index (κ2) is 5.21. The standard InChI is InChI=1S/C14H20N2O/c1-10(2)9-15-12-5-7-13(8-6-12)16-14(17)11-3-4-11/h5-8,10-11,15H,3-4,9H2,1-2H3,(H,16,17). The van der Waals surface area contributed by atoms with Gasteiger partial charge in [-0.3, -0.25) is 4.79 Å². The molecule has 3 nitrogen and oxygen atoms in total. The molecule has 2 rings (SSSR count). The second-order valence-corrected chi connectivity index (χ2v) is 5.12. The normalized spacial score (nSPS) is 14.8. The van der Waals surface area contributed by atoms with Gasteiger partial charge in [-0.25, -0.2) is 0 Å². The van der Waals surface area contributed by atoms with E-state index in [0.717, 1.165) is 30.8 Å². The summed E-state index contributed by atoms with van der Waals surface area (Å²) in [7, 11) is 0. The quantitative estimate of drug-likeness (QED) is 0.819. The van der Waals surface area contributed by atoms with Gasteiger partial charge < -0.3 is 10.6 Å². The lowest BCUT2D eigenvalue weighted by molar-refractivity contribution is -0.117. The van der Waals surface area contributed by atoms with Crippen molar-refractivity contribution in [3.05, 3.63) is 24.3 Å². The Bertz CT molecular complexity index is 380. The summed E-state index contributed by atoms with van der Waals surface area (Å²) in [5.74, 6) is 1.05. The highest BCUT2D eigenvalue weighted by Gasteiger charge is 2.29. The second-order valence-electron chi connectivity index (χ2n) is 5.12. The van der Waals surface area contributed by atoms with E-state index in [9.17, 15) is 4.79 Å². The fraction of sp³-hybridized carbons (Fsp3) is 0.500. The fourth-order valence-electron chi connectivity index (χ4n) is 1.58. The first-order valence-corrected chi connectivity index (χ1v) is 6.30. The smallest absolute Gasteiger partial charge is 0.227 e. The third kappa shape index (κ3) is 3.77. The highest BCUT2D eigenvalue weighted by molar-refractivity contribution is 5.94. The molecule has 0 bridgehead atoms. The van der Waals surface area contributed by atoms with E-state index < -0.39 is 0 Å². The summed E-state index contributed by atoms with van der Waals surface area (Å²) >= 11 is 0. The van der Waals surface area contributed by atoms with Crippen LogP contribution in [0, 0.1) is 11.8 Å². The molecule has 1 amide bonds. The lowest BCUT2D eigenvalue weighted by Crippen LogP contribution is -2.13. The van der Waals surface area contributed by atoms with Gasteiger partial charge in [0.2, 0.25) is 5.91 Å². The highest BCUT2D eigenvalue weighted by Crippen LogP contribution is 2.30. The predicted molar refractivity (Wildman–Crippen MR) is 71.1 cm³/mol. The first kappa shape index (κ1) is 12.0. The number of nitrogens with one attached hydrogen (secondary N) is 2. The molecule has 0 heterocycles. The first-order valence-electron chi connectivity index (χ1n) is 6.30. The van der Waals surface area contributed by atoms with Crippen LogP contribution in [0.1, 0.15) is 26.7 Å². The molecular formula is C14H20N2O. The lowest BCUT2D eigenvalue weighted by atomic mass is 10.2. The number of amides is 1. The molecule has 0 atom stereocenters. The summed E-state index contributed by atoms with van der Waals surface area (Å²) < 4.78 is 0. The molecule has 0 aliphatic heterocycles. The van der Waals surface area contributed by atoms with E-state index in [0.29, 0.717) is 5.92 Å². The van der Waals surface area contributed by atoms with Crippen LogP contribution in [0.5, 0.6) is 0 Å². The minimum absolute atomic E-state index is 0.160. The van der Waals surface area contributed by atoms with E-state index in [1.54, 1.807) is 0 Å². The number of carbonyl (C=O) groups excluding carboxylic acids is 1.